The molecule has 3 heterocycles. The predicted octanol–water partition coefficient (Wildman–Crippen LogP) is 2.60. The molecule has 6 nitrogen and oxygen atoms in total. The highest BCUT2D eigenvalue weighted by Gasteiger charge is 2.28. The van der Waals surface area contributed by atoms with Crippen LogP contribution in [0, 0.1) is 0 Å². The van der Waals surface area contributed by atoms with Gasteiger partial charge in [-0.15, -0.1) is 0 Å². The number of hydrogen-bond donors (Lipinski definition) is 1. The summed E-state index contributed by atoms with van der Waals surface area (Å²) in [5.41, 5.74) is 1.23. The zero-order valence-corrected chi connectivity index (χ0v) is 16.1. The first kappa shape index (κ1) is 18.0. The van der Waals surface area contributed by atoms with Crippen molar-refractivity contribution in [3.63, 3.8) is 0 Å². The number of morpholine rings is 1. The molecule has 2 aliphatic rings. The Hall–Kier alpha value is -2.34. The minimum atomic E-state index is -0.0906. The molecule has 144 valence electrons. The van der Waals surface area contributed by atoms with Crippen molar-refractivity contribution in [2.24, 2.45) is 0 Å². The Morgan fingerprint density at radius 1 is 1.19 bits per heavy atom. The normalized spacial score (nSPS) is 25.8. The highest BCUT2D eigenvalue weighted by Crippen LogP contribution is 2.26. The van der Waals surface area contributed by atoms with Crippen LogP contribution in [-0.4, -0.2) is 47.9 Å². The fraction of sp³-hybridized carbons (Fsp3) is 0.524. The molecule has 3 atom stereocenters. The number of H-pyrrole nitrogens is 1. The van der Waals surface area contributed by atoms with E-state index in [0.29, 0.717) is 12.0 Å². The first-order chi connectivity index (χ1) is 13.1. The van der Waals surface area contributed by atoms with Crippen LogP contribution in [0.25, 0.3) is 0 Å². The first-order valence-electron chi connectivity index (χ1n) is 9.91. The molecule has 0 spiro atoms. The van der Waals surface area contributed by atoms with Crippen molar-refractivity contribution in [2.45, 2.75) is 51.4 Å². The molecule has 1 aromatic heterocycles. The van der Waals surface area contributed by atoms with Crippen LogP contribution in [0.2, 0.25) is 0 Å². The van der Waals surface area contributed by atoms with Gasteiger partial charge in [0.1, 0.15) is 5.82 Å². The number of aromatic nitrogens is 2. The van der Waals surface area contributed by atoms with Gasteiger partial charge in [-0.05, 0) is 38.7 Å². The zero-order valence-electron chi connectivity index (χ0n) is 16.1. The lowest BCUT2D eigenvalue weighted by Crippen LogP contribution is -2.46. The van der Waals surface area contributed by atoms with E-state index < -0.39 is 0 Å². The van der Waals surface area contributed by atoms with Crippen molar-refractivity contribution in [3.05, 3.63) is 52.3 Å². The van der Waals surface area contributed by atoms with E-state index in [1.165, 1.54) is 5.56 Å². The minimum absolute atomic E-state index is 0.0906. The van der Waals surface area contributed by atoms with Crippen LogP contribution in [-0.2, 0) is 11.2 Å². The Morgan fingerprint density at radius 3 is 2.67 bits per heavy atom. The van der Waals surface area contributed by atoms with E-state index in [2.05, 4.69) is 52.9 Å². The van der Waals surface area contributed by atoms with Crippen LogP contribution >= 0.6 is 0 Å². The van der Waals surface area contributed by atoms with Crippen molar-refractivity contribution in [2.75, 3.05) is 29.4 Å². The summed E-state index contributed by atoms with van der Waals surface area (Å²) in [7, 11) is 0. The van der Waals surface area contributed by atoms with Gasteiger partial charge in [-0.25, -0.2) is 0 Å². The largest absolute Gasteiger partial charge is 0.372 e. The van der Waals surface area contributed by atoms with Gasteiger partial charge >= 0.3 is 0 Å². The van der Waals surface area contributed by atoms with E-state index in [4.69, 9.17) is 9.72 Å². The summed E-state index contributed by atoms with van der Waals surface area (Å²) in [5.74, 6) is 1.45. The number of nitrogens with zero attached hydrogens (tertiary/aromatic N) is 3. The molecule has 2 aliphatic heterocycles. The van der Waals surface area contributed by atoms with Gasteiger partial charge in [-0.3, -0.25) is 9.78 Å². The first-order valence-corrected chi connectivity index (χ1v) is 9.91. The van der Waals surface area contributed by atoms with Crippen LogP contribution in [0.1, 0.15) is 32.3 Å². The number of nitrogens with one attached hydrogen (secondary N) is 1. The molecule has 6 heteroatoms. The molecule has 0 bridgehead atoms. The third kappa shape index (κ3) is 4.16. The lowest BCUT2D eigenvalue weighted by atomic mass is 10.0. The summed E-state index contributed by atoms with van der Waals surface area (Å²) >= 11 is 0. The molecule has 1 aromatic carbocycles. The Balaban J connectivity index is 1.57. The molecule has 2 aromatic rings. The van der Waals surface area contributed by atoms with Gasteiger partial charge < -0.3 is 14.5 Å². The van der Waals surface area contributed by atoms with Crippen LogP contribution in [0.4, 0.5) is 11.8 Å². The van der Waals surface area contributed by atoms with E-state index in [-0.39, 0.29) is 17.8 Å². The number of anilines is 2. The van der Waals surface area contributed by atoms with Crippen molar-refractivity contribution in [3.8, 4) is 0 Å². The highest BCUT2D eigenvalue weighted by molar-refractivity contribution is 5.45. The fourth-order valence-electron chi connectivity index (χ4n) is 4.31. The summed E-state index contributed by atoms with van der Waals surface area (Å²) in [4.78, 5) is 24.6. The minimum Gasteiger partial charge on any atom is -0.372 e. The average Bonchev–Trinajstić information content (AvgIpc) is 3.09. The van der Waals surface area contributed by atoms with Gasteiger partial charge in [0.25, 0.3) is 5.56 Å². The third-order valence-corrected chi connectivity index (χ3v) is 5.42. The molecule has 0 saturated carbocycles. The van der Waals surface area contributed by atoms with Crippen LogP contribution in [0.5, 0.6) is 0 Å². The molecule has 1 unspecified atom stereocenters. The summed E-state index contributed by atoms with van der Waals surface area (Å²) in [6, 6.07) is 12.5. The lowest BCUT2D eigenvalue weighted by molar-refractivity contribution is -0.00546. The van der Waals surface area contributed by atoms with Gasteiger partial charge in [0, 0.05) is 31.7 Å². The number of aromatic amines is 1. The topological polar surface area (TPSA) is 61.5 Å². The van der Waals surface area contributed by atoms with Gasteiger partial charge in [0.2, 0.25) is 5.95 Å². The maximum atomic E-state index is 12.4. The molecule has 0 amide bonds. The molecule has 1 N–H and O–H groups in total. The quantitative estimate of drug-likeness (QED) is 0.899. The zero-order chi connectivity index (χ0) is 18.8. The molecular formula is C21H28N4O2. The monoisotopic (exact) mass is 368 g/mol. The van der Waals surface area contributed by atoms with Gasteiger partial charge in [-0.1, -0.05) is 30.3 Å². The summed E-state index contributed by atoms with van der Waals surface area (Å²) < 4.78 is 5.82. The maximum Gasteiger partial charge on any atom is 0.254 e. The second-order valence-corrected chi connectivity index (χ2v) is 7.77. The van der Waals surface area contributed by atoms with Gasteiger partial charge in [0.15, 0.2) is 0 Å². The van der Waals surface area contributed by atoms with E-state index in [0.717, 1.165) is 44.7 Å². The van der Waals surface area contributed by atoms with Crippen LogP contribution < -0.4 is 15.4 Å². The van der Waals surface area contributed by atoms with E-state index in [9.17, 15) is 4.79 Å². The Morgan fingerprint density at radius 2 is 1.93 bits per heavy atom. The molecule has 2 saturated heterocycles. The van der Waals surface area contributed by atoms with Crippen LogP contribution in [0.3, 0.4) is 0 Å². The summed E-state index contributed by atoms with van der Waals surface area (Å²) in [6.07, 6.45) is 3.48. The Labute approximate surface area is 160 Å². The Kier molecular flexibility index (Phi) is 5.16. The third-order valence-electron chi connectivity index (χ3n) is 5.42. The molecule has 0 radical (unpaired) electrons. The fourth-order valence-corrected chi connectivity index (χ4v) is 4.31. The summed E-state index contributed by atoms with van der Waals surface area (Å²) in [6.45, 7) is 6.57. The predicted molar refractivity (Wildman–Crippen MR) is 108 cm³/mol. The molecule has 27 heavy (non-hydrogen) atoms. The van der Waals surface area contributed by atoms with Crippen LogP contribution in [0.15, 0.2) is 41.2 Å². The van der Waals surface area contributed by atoms with E-state index >= 15 is 0 Å². The Bertz CT molecular complexity index is 812. The number of hydrogen-bond acceptors (Lipinski definition) is 5. The molecule has 2 fully saturated rings. The average molecular weight is 368 g/mol. The summed E-state index contributed by atoms with van der Waals surface area (Å²) in [5, 5.41) is 0. The number of benzene rings is 1. The van der Waals surface area contributed by atoms with Gasteiger partial charge in [0.05, 0.1) is 12.2 Å². The van der Waals surface area contributed by atoms with Crippen molar-refractivity contribution >= 4 is 11.8 Å². The standard InChI is InChI=1S/C21H28N4O2/c1-15-13-24(14-16(2)27-15)19-12-20(26)23-21(22-19)25-10-6-9-18(25)11-17-7-4-3-5-8-17/h3-5,7-8,12,15-16,18H,6,9-11,13-14H2,1-2H3,(H,22,23,26)/t15-,16-,18?/m0/s1. The second kappa shape index (κ2) is 7.72. The highest BCUT2D eigenvalue weighted by atomic mass is 16.5. The number of rotatable bonds is 4. The SMILES string of the molecule is C[C@H]1CN(c2cc(=O)[nH]c(N3CCCC3Cc3ccccc3)n2)C[C@H](C)O1. The van der Waals surface area contributed by atoms with Crippen molar-refractivity contribution < 1.29 is 4.74 Å². The lowest BCUT2D eigenvalue weighted by Gasteiger charge is -2.36. The second-order valence-electron chi connectivity index (χ2n) is 7.77. The van der Waals surface area contributed by atoms with Crippen molar-refractivity contribution in [1.29, 1.82) is 0 Å². The molecule has 0 aliphatic carbocycles. The van der Waals surface area contributed by atoms with E-state index in [1.54, 1.807) is 6.07 Å². The smallest absolute Gasteiger partial charge is 0.254 e. The number of ether oxygens (including phenoxy) is 1. The molecular weight excluding hydrogens is 340 g/mol. The van der Waals surface area contributed by atoms with E-state index in [1.807, 2.05) is 6.07 Å². The van der Waals surface area contributed by atoms with Gasteiger partial charge in [-0.2, -0.15) is 4.98 Å². The maximum absolute atomic E-state index is 12.4. The molecule has 4 rings (SSSR count). The van der Waals surface area contributed by atoms with Crippen molar-refractivity contribution in [1.82, 2.24) is 9.97 Å².